The minimum absolute atomic E-state index is 0.0213. The largest absolute Gasteiger partial charge is 0.272 e. The minimum atomic E-state index is -0.218. The smallest absolute Gasteiger partial charge is 0.271 e. The van der Waals surface area contributed by atoms with E-state index in [2.05, 4.69) is 22.0 Å². The van der Waals surface area contributed by atoms with Gasteiger partial charge in [-0.15, -0.1) is 0 Å². The van der Waals surface area contributed by atoms with Crippen LogP contribution in [0.15, 0.2) is 104 Å². The van der Waals surface area contributed by atoms with Crippen molar-refractivity contribution in [1.82, 2.24) is 4.57 Å². The van der Waals surface area contributed by atoms with Crippen LogP contribution in [0.5, 0.6) is 0 Å². The van der Waals surface area contributed by atoms with Crippen molar-refractivity contribution in [3.63, 3.8) is 0 Å². The summed E-state index contributed by atoms with van der Waals surface area (Å²) in [6.45, 7) is 0. The van der Waals surface area contributed by atoms with E-state index in [4.69, 9.17) is 28.2 Å². The van der Waals surface area contributed by atoms with Gasteiger partial charge in [-0.3, -0.25) is 9.36 Å². The highest BCUT2D eigenvalue weighted by molar-refractivity contribution is 9.10. The van der Waals surface area contributed by atoms with Gasteiger partial charge in [0, 0.05) is 14.5 Å². The molecule has 1 atom stereocenters. The molecule has 0 N–H and O–H groups in total. The van der Waals surface area contributed by atoms with Crippen LogP contribution in [0, 0.1) is 0 Å². The topological polar surface area (TPSA) is 34.4 Å². The monoisotopic (exact) mass is 606 g/mol. The van der Waals surface area contributed by atoms with E-state index in [-0.39, 0.29) is 11.6 Å². The molecule has 4 aromatic rings. The molecule has 1 aliphatic heterocycles. The maximum absolute atomic E-state index is 13.8. The van der Waals surface area contributed by atoms with Crippen LogP contribution in [-0.2, 0) is 0 Å². The highest BCUT2D eigenvalue weighted by Gasteiger charge is 2.32. The molecule has 0 bridgehead atoms. The minimum Gasteiger partial charge on any atom is -0.272 e. The van der Waals surface area contributed by atoms with Gasteiger partial charge in [-0.2, -0.15) is 0 Å². The number of thiazole rings is 1. The molecule has 3 aromatic carbocycles. The van der Waals surface area contributed by atoms with Crippen molar-refractivity contribution in [3.8, 4) is 0 Å². The molecule has 1 aliphatic carbocycles. The van der Waals surface area contributed by atoms with E-state index < -0.39 is 0 Å². The molecule has 184 valence electrons. The highest BCUT2D eigenvalue weighted by Crippen LogP contribution is 2.41. The first-order valence-corrected chi connectivity index (χ1v) is 14.4. The van der Waals surface area contributed by atoms with Crippen molar-refractivity contribution in [2.45, 2.75) is 25.3 Å². The summed E-state index contributed by atoms with van der Waals surface area (Å²) >= 11 is 17.3. The summed E-state index contributed by atoms with van der Waals surface area (Å²) in [7, 11) is 0. The van der Waals surface area contributed by atoms with Crippen LogP contribution in [0.4, 0.5) is 0 Å². The summed E-state index contributed by atoms with van der Waals surface area (Å²) in [6.07, 6.45) is 6.97. The fourth-order valence-electron chi connectivity index (χ4n) is 4.97. The Kier molecular flexibility index (Phi) is 6.80. The van der Waals surface area contributed by atoms with Crippen LogP contribution in [0.2, 0.25) is 10.0 Å². The first-order valence-electron chi connectivity index (χ1n) is 12.0. The molecule has 6 rings (SSSR count). The molecule has 0 saturated heterocycles. The molecule has 37 heavy (non-hydrogen) atoms. The lowest BCUT2D eigenvalue weighted by Gasteiger charge is -2.31. The van der Waals surface area contributed by atoms with E-state index in [0.717, 1.165) is 50.9 Å². The first kappa shape index (κ1) is 24.6. The van der Waals surface area contributed by atoms with Crippen molar-refractivity contribution in [2.24, 2.45) is 4.99 Å². The zero-order valence-corrected chi connectivity index (χ0v) is 23.5. The molecule has 0 saturated carbocycles. The summed E-state index contributed by atoms with van der Waals surface area (Å²) in [6, 6.07) is 23.4. The van der Waals surface area contributed by atoms with Gasteiger partial charge >= 0.3 is 0 Å². The van der Waals surface area contributed by atoms with Gasteiger partial charge in [0.2, 0.25) is 0 Å². The Hall–Kier alpha value is -2.70. The molecule has 0 fully saturated rings. The van der Waals surface area contributed by atoms with E-state index in [1.807, 2.05) is 83.4 Å². The van der Waals surface area contributed by atoms with Gasteiger partial charge in [-0.25, -0.2) is 4.99 Å². The zero-order valence-electron chi connectivity index (χ0n) is 19.6. The van der Waals surface area contributed by atoms with Crippen LogP contribution in [0.3, 0.4) is 0 Å². The predicted molar refractivity (Wildman–Crippen MR) is 157 cm³/mol. The molecule has 7 heteroatoms. The Morgan fingerprint density at radius 1 is 0.865 bits per heavy atom. The molecule has 2 heterocycles. The van der Waals surface area contributed by atoms with Crippen molar-refractivity contribution in [2.75, 3.05) is 0 Å². The SMILES string of the molecule is O=c1/c(=C\c2ccc(Br)cc2)sc2n1C(c1ccc(Cl)cc1)C1=C(N=2)/C(=C/c2ccc(Cl)cc2)CCC1. The molecular formula is C30H21BrCl2N2OS. The lowest BCUT2D eigenvalue weighted by molar-refractivity contribution is 0.553. The second-order valence-corrected chi connectivity index (χ2v) is 11.9. The molecular weight excluding hydrogens is 587 g/mol. The molecule has 3 nitrogen and oxygen atoms in total. The summed E-state index contributed by atoms with van der Waals surface area (Å²) in [4.78, 5) is 19.6. The van der Waals surface area contributed by atoms with Crippen LogP contribution in [0.25, 0.3) is 12.2 Å². The quantitative estimate of drug-likeness (QED) is 0.237. The maximum Gasteiger partial charge on any atom is 0.271 e. The van der Waals surface area contributed by atoms with E-state index in [0.29, 0.717) is 14.6 Å². The highest BCUT2D eigenvalue weighted by atomic mass is 79.9. The molecule has 1 aromatic heterocycles. The zero-order chi connectivity index (χ0) is 25.5. The number of hydrogen-bond donors (Lipinski definition) is 0. The molecule has 0 spiro atoms. The number of nitrogens with zero attached hydrogens (tertiary/aromatic N) is 2. The van der Waals surface area contributed by atoms with Gasteiger partial charge in [0.1, 0.15) is 0 Å². The van der Waals surface area contributed by atoms with Gasteiger partial charge in [-0.05, 0) is 95.6 Å². The van der Waals surface area contributed by atoms with Crippen LogP contribution in [-0.4, -0.2) is 4.57 Å². The van der Waals surface area contributed by atoms with Gasteiger partial charge in [0.25, 0.3) is 5.56 Å². The number of halogens is 3. The summed E-state index contributed by atoms with van der Waals surface area (Å²) in [5.74, 6) is 0. The molecule has 1 unspecified atom stereocenters. The second-order valence-electron chi connectivity index (χ2n) is 9.13. The second kappa shape index (κ2) is 10.2. The standard InChI is InChI=1S/C30H21BrCl2N2OS/c31-22-10-4-19(5-11-22)17-26-29(36)35-28(20-8-14-24(33)15-9-20)25-3-1-2-21(27(25)34-30(35)37-26)16-18-6-12-23(32)13-7-18/h4-17,28H,1-3H2/b21-16+,26-17+. The maximum atomic E-state index is 13.8. The number of hydrogen-bond acceptors (Lipinski definition) is 3. The van der Waals surface area contributed by atoms with Crippen molar-refractivity contribution in [3.05, 3.63) is 141 Å². The Labute approximate surface area is 236 Å². The first-order chi connectivity index (χ1) is 18.0. The van der Waals surface area contributed by atoms with Gasteiger partial charge in [0.05, 0.1) is 16.3 Å². The lowest BCUT2D eigenvalue weighted by Crippen LogP contribution is -2.39. The van der Waals surface area contributed by atoms with Crippen molar-refractivity contribution < 1.29 is 0 Å². The van der Waals surface area contributed by atoms with Gasteiger partial charge < -0.3 is 0 Å². The van der Waals surface area contributed by atoms with Crippen LogP contribution < -0.4 is 14.9 Å². The normalized spacial score (nSPS) is 18.5. The van der Waals surface area contributed by atoms with Gasteiger partial charge in [-0.1, -0.05) is 86.9 Å². The summed E-state index contributed by atoms with van der Waals surface area (Å²) in [5.41, 5.74) is 6.44. The van der Waals surface area contributed by atoms with E-state index in [9.17, 15) is 4.79 Å². The van der Waals surface area contributed by atoms with E-state index in [1.54, 1.807) is 0 Å². The third kappa shape index (κ3) is 4.94. The van der Waals surface area contributed by atoms with E-state index >= 15 is 0 Å². The van der Waals surface area contributed by atoms with Crippen molar-refractivity contribution >= 4 is 62.6 Å². The Morgan fingerprint density at radius 3 is 2.19 bits per heavy atom. The Morgan fingerprint density at radius 2 is 1.49 bits per heavy atom. The number of rotatable bonds is 3. The molecule has 0 amide bonds. The number of fused-ring (bicyclic) bond motifs is 1. The number of allylic oxidation sites excluding steroid dienone is 2. The average molecular weight is 608 g/mol. The van der Waals surface area contributed by atoms with Crippen LogP contribution in [0.1, 0.15) is 42.0 Å². The lowest BCUT2D eigenvalue weighted by atomic mass is 9.84. The summed E-state index contributed by atoms with van der Waals surface area (Å²) in [5, 5.41) is 1.39. The van der Waals surface area contributed by atoms with E-state index in [1.165, 1.54) is 22.5 Å². The third-order valence-corrected chi connectivity index (χ3v) is 8.71. The summed E-state index contributed by atoms with van der Waals surface area (Å²) < 4.78 is 3.53. The fourth-order valence-corrected chi connectivity index (χ4v) is 6.49. The van der Waals surface area contributed by atoms with Gasteiger partial charge in [0.15, 0.2) is 4.80 Å². The molecule has 0 radical (unpaired) electrons. The third-order valence-electron chi connectivity index (χ3n) is 6.70. The average Bonchev–Trinajstić information content (AvgIpc) is 3.21. The van der Waals surface area contributed by atoms with Crippen molar-refractivity contribution in [1.29, 1.82) is 0 Å². The fraction of sp³-hybridized carbons (Fsp3) is 0.133. The Bertz CT molecular complexity index is 1730. The van der Waals surface area contributed by atoms with Crippen LogP contribution >= 0.6 is 50.5 Å². The number of benzene rings is 3. The number of aromatic nitrogens is 1. The Balaban J connectivity index is 1.57. The molecule has 2 aliphatic rings. The predicted octanol–water partition coefficient (Wildman–Crippen LogP) is 7.55.